The summed E-state index contributed by atoms with van der Waals surface area (Å²) in [5, 5.41) is 2.90. The van der Waals surface area contributed by atoms with E-state index in [0.29, 0.717) is 23.9 Å². The van der Waals surface area contributed by atoms with Gasteiger partial charge in [0.2, 0.25) is 0 Å². The van der Waals surface area contributed by atoms with Crippen LogP contribution in [0.3, 0.4) is 0 Å². The smallest absolute Gasteiger partial charge is 0.332 e. The molecule has 0 atom stereocenters. The molecule has 0 aliphatic heterocycles. The van der Waals surface area contributed by atoms with Gasteiger partial charge in [-0.3, -0.25) is 18.7 Å². The molecule has 0 saturated carbocycles. The van der Waals surface area contributed by atoms with Crippen molar-refractivity contribution in [1.29, 1.82) is 0 Å². The Kier molecular flexibility index (Phi) is 7.41. The molecule has 0 aliphatic rings. The standard InChI is InChI=1S/C21H27N3O5/c1-6-23-19(22-3)16(20(26)24(7-2)21(23)27)13-15(25)10-8-14-9-11-17(28-4)18(12-14)29-5/h8-12,22H,6-7,13H2,1-5H3/b10-8+. The van der Waals surface area contributed by atoms with E-state index in [9.17, 15) is 14.4 Å². The van der Waals surface area contributed by atoms with E-state index in [0.717, 1.165) is 10.1 Å². The Labute approximate surface area is 169 Å². The second kappa shape index (κ2) is 9.77. The lowest BCUT2D eigenvalue weighted by Crippen LogP contribution is -2.42. The SMILES string of the molecule is CCn1c(NC)c(CC(=O)/C=C/c2ccc(OC)c(OC)c2)c(=O)n(CC)c1=O. The van der Waals surface area contributed by atoms with Gasteiger partial charge in [-0.2, -0.15) is 0 Å². The zero-order chi connectivity index (χ0) is 21.6. The number of nitrogens with one attached hydrogen (secondary N) is 1. The van der Waals surface area contributed by atoms with Gasteiger partial charge < -0.3 is 14.8 Å². The molecule has 1 N–H and O–H groups in total. The molecule has 0 saturated heterocycles. The van der Waals surface area contributed by atoms with Crippen molar-refractivity contribution >= 4 is 17.7 Å². The molecule has 0 bridgehead atoms. The maximum atomic E-state index is 12.7. The molecule has 8 heteroatoms. The van der Waals surface area contributed by atoms with Gasteiger partial charge in [-0.25, -0.2) is 4.79 Å². The lowest BCUT2D eigenvalue weighted by Gasteiger charge is -2.16. The predicted octanol–water partition coefficient (Wildman–Crippen LogP) is 1.93. The highest BCUT2D eigenvalue weighted by Gasteiger charge is 2.18. The first-order valence-corrected chi connectivity index (χ1v) is 9.38. The number of carbonyl (C=O) groups excluding carboxylic acids is 1. The van der Waals surface area contributed by atoms with Crippen LogP contribution in [0.2, 0.25) is 0 Å². The van der Waals surface area contributed by atoms with E-state index in [-0.39, 0.29) is 30.0 Å². The first-order chi connectivity index (χ1) is 13.9. The van der Waals surface area contributed by atoms with Gasteiger partial charge in [-0.1, -0.05) is 12.1 Å². The lowest BCUT2D eigenvalue weighted by atomic mass is 10.1. The van der Waals surface area contributed by atoms with E-state index in [2.05, 4.69) is 5.32 Å². The van der Waals surface area contributed by atoms with Crippen LogP contribution >= 0.6 is 0 Å². The quantitative estimate of drug-likeness (QED) is 0.646. The van der Waals surface area contributed by atoms with Crippen molar-refractivity contribution in [2.45, 2.75) is 33.4 Å². The molecule has 0 amide bonds. The zero-order valence-corrected chi connectivity index (χ0v) is 17.4. The second-order valence-corrected chi connectivity index (χ2v) is 6.24. The van der Waals surface area contributed by atoms with Crippen molar-refractivity contribution in [1.82, 2.24) is 9.13 Å². The first-order valence-electron chi connectivity index (χ1n) is 9.38. The fourth-order valence-corrected chi connectivity index (χ4v) is 3.15. The van der Waals surface area contributed by atoms with Crippen molar-refractivity contribution in [3.05, 3.63) is 56.2 Å². The number of carbonyl (C=O) groups is 1. The summed E-state index contributed by atoms with van der Waals surface area (Å²) in [6.07, 6.45) is 2.95. The molecule has 2 rings (SSSR count). The maximum Gasteiger partial charge on any atom is 0.332 e. The summed E-state index contributed by atoms with van der Waals surface area (Å²) in [5.74, 6) is 1.27. The normalized spacial score (nSPS) is 10.9. The third kappa shape index (κ3) is 4.59. The van der Waals surface area contributed by atoms with E-state index in [1.54, 1.807) is 45.4 Å². The summed E-state index contributed by atoms with van der Waals surface area (Å²) >= 11 is 0. The highest BCUT2D eigenvalue weighted by molar-refractivity contribution is 5.95. The molecule has 1 aromatic carbocycles. The number of nitrogens with zero attached hydrogens (tertiary/aromatic N) is 2. The van der Waals surface area contributed by atoms with Crippen molar-refractivity contribution in [3.8, 4) is 11.5 Å². The molecule has 0 radical (unpaired) electrons. The Morgan fingerprint density at radius 2 is 1.72 bits per heavy atom. The van der Waals surface area contributed by atoms with Crippen molar-refractivity contribution in [2.24, 2.45) is 0 Å². The van der Waals surface area contributed by atoms with Crippen LogP contribution in [0.1, 0.15) is 25.0 Å². The largest absolute Gasteiger partial charge is 0.493 e. The molecular formula is C21H27N3O5. The van der Waals surface area contributed by atoms with E-state index < -0.39 is 5.56 Å². The molecule has 0 fully saturated rings. The van der Waals surface area contributed by atoms with Gasteiger partial charge in [-0.05, 0) is 37.6 Å². The molecule has 29 heavy (non-hydrogen) atoms. The minimum absolute atomic E-state index is 0.112. The van der Waals surface area contributed by atoms with Crippen molar-refractivity contribution < 1.29 is 14.3 Å². The van der Waals surface area contributed by atoms with E-state index in [1.807, 2.05) is 6.92 Å². The molecule has 1 aromatic heterocycles. The molecule has 0 unspecified atom stereocenters. The Balaban J connectivity index is 2.37. The molecule has 1 heterocycles. The Morgan fingerprint density at radius 3 is 2.28 bits per heavy atom. The van der Waals surface area contributed by atoms with Gasteiger partial charge >= 0.3 is 5.69 Å². The van der Waals surface area contributed by atoms with Gasteiger partial charge in [0.05, 0.1) is 19.8 Å². The number of hydrogen-bond donors (Lipinski definition) is 1. The maximum absolute atomic E-state index is 12.7. The Bertz CT molecular complexity index is 1030. The average molecular weight is 401 g/mol. The summed E-state index contributed by atoms with van der Waals surface area (Å²) < 4.78 is 13.1. The number of rotatable bonds is 9. The minimum atomic E-state index is -0.445. The number of anilines is 1. The van der Waals surface area contributed by atoms with Gasteiger partial charge in [-0.15, -0.1) is 0 Å². The molecule has 0 spiro atoms. The number of ether oxygens (including phenoxy) is 2. The minimum Gasteiger partial charge on any atom is -0.493 e. The van der Waals surface area contributed by atoms with Crippen LogP contribution in [-0.2, 0) is 24.3 Å². The van der Waals surface area contributed by atoms with Crippen LogP contribution in [0.4, 0.5) is 5.82 Å². The summed E-state index contributed by atoms with van der Waals surface area (Å²) in [4.78, 5) is 37.8. The van der Waals surface area contributed by atoms with Crippen molar-refractivity contribution in [2.75, 3.05) is 26.6 Å². The van der Waals surface area contributed by atoms with E-state index >= 15 is 0 Å². The molecule has 156 valence electrons. The van der Waals surface area contributed by atoms with Gasteiger partial charge in [0, 0.05) is 26.6 Å². The molecule has 2 aromatic rings. The van der Waals surface area contributed by atoms with Gasteiger partial charge in [0.15, 0.2) is 17.3 Å². The van der Waals surface area contributed by atoms with Crippen LogP contribution in [0.5, 0.6) is 11.5 Å². The number of ketones is 1. The number of allylic oxidation sites excluding steroid dienone is 1. The zero-order valence-electron chi connectivity index (χ0n) is 17.4. The van der Waals surface area contributed by atoms with Crippen LogP contribution in [0, 0.1) is 0 Å². The van der Waals surface area contributed by atoms with E-state index in [1.165, 1.54) is 17.8 Å². The predicted molar refractivity (Wildman–Crippen MR) is 113 cm³/mol. The summed E-state index contributed by atoms with van der Waals surface area (Å²) in [6, 6.07) is 5.30. The number of methoxy groups -OCH3 is 2. The highest BCUT2D eigenvalue weighted by Crippen LogP contribution is 2.28. The molecular weight excluding hydrogens is 374 g/mol. The van der Waals surface area contributed by atoms with Crippen LogP contribution < -0.4 is 26.0 Å². The number of benzene rings is 1. The van der Waals surface area contributed by atoms with Crippen LogP contribution in [0.15, 0.2) is 33.9 Å². The molecule has 0 aliphatic carbocycles. The Morgan fingerprint density at radius 1 is 1.07 bits per heavy atom. The lowest BCUT2D eigenvalue weighted by molar-refractivity contribution is -0.114. The monoisotopic (exact) mass is 401 g/mol. The third-order valence-electron chi connectivity index (χ3n) is 4.61. The average Bonchev–Trinajstić information content (AvgIpc) is 2.73. The highest BCUT2D eigenvalue weighted by atomic mass is 16.5. The van der Waals surface area contributed by atoms with Gasteiger partial charge in [0.1, 0.15) is 5.82 Å². The summed E-state index contributed by atoms with van der Waals surface area (Å²) in [7, 11) is 4.72. The van der Waals surface area contributed by atoms with Crippen LogP contribution in [0.25, 0.3) is 6.08 Å². The van der Waals surface area contributed by atoms with E-state index in [4.69, 9.17) is 9.47 Å². The van der Waals surface area contributed by atoms with Crippen LogP contribution in [-0.4, -0.2) is 36.2 Å². The second-order valence-electron chi connectivity index (χ2n) is 6.24. The van der Waals surface area contributed by atoms with Gasteiger partial charge in [0.25, 0.3) is 5.56 Å². The summed E-state index contributed by atoms with van der Waals surface area (Å²) in [6.45, 7) is 4.17. The number of aromatic nitrogens is 2. The molecule has 8 nitrogen and oxygen atoms in total. The Hall–Kier alpha value is -3.29. The fraction of sp³-hybridized carbons (Fsp3) is 0.381. The third-order valence-corrected chi connectivity index (χ3v) is 4.61. The topological polar surface area (TPSA) is 91.6 Å². The first kappa shape index (κ1) is 22.0. The fourth-order valence-electron chi connectivity index (χ4n) is 3.15. The number of hydrogen-bond acceptors (Lipinski definition) is 6. The summed E-state index contributed by atoms with van der Waals surface area (Å²) in [5.41, 5.74) is 0.202. The van der Waals surface area contributed by atoms with Crippen molar-refractivity contribution in [3.63, 3.8) is 0 Å².